The standard InChI is InChI=1S/C6H2N2O2.C4H5N.3C4H4S/c9-5-4-3(1-2-7-4)8-6(5)10;4*1-2-4-5-3-1/h1-2H;1-5H;3*1-4H. The molecule has 0 spiro atoms. The molecule has 6 rings (SSSR count). The molecule has 6 heterocycles. The molecule has 0 aromatic carbocycles. The van der Waals surface area contributed by atoms with Crippen LogP contribution >= 0.6 is 34.0 Å². The number of nitrogens with zero attached hydrogens (tertiary/aromatic N) is 2. The normalized spacial score (nSPS) is 8.93. The molecule has 0 radical (unpaired) electrons. The van der Waals surface area contributed by atoms with Gasteiger partial charge in [-0.1, -0.05) is 36.4 Å². The third kappa shape index (κ3) is 9.33. The summed E-state index contributed by atoms with van der Waals surface area (Å²) >= 11 is 5.14. The van der Waals surface area contributed by atoms with Crippen molar-refractivity contribution >= 4 is 34.0 Å². The lowest BCUT2D eigenvalue weighted by atomic mass is 10.4. The van der Waals surface area contributed by atoms with Gasteiger partial charge in [0.2, 0.25) is 0 Å². The average molecular weight is 454 g/mol. The molecular formula is C22H19N3O2S3. The van der Waals surface area contributed by atoms with E-state index in [0.29, 0.717) is 5.69 Å². The highest BCUT2D eigenvalue weighted by Gasteiger charge is 2.14. The molecule has 0 bridgehead atoms. The first-order valence-electron chi connectivity index (χ1n) is 8.70. The minimum absolute atomic E-state index is 0.185. The number of hydrogen-bond acceptors (Lipinski definition) is 7. The van der Waals surface area contributed by atoms with E-state index < -0.39 is 11.0 Å². The van der Waals surface area contributed by atoms with Crippen LogP contribution in [0.5, 0.6) is 0 Å². The molecule has 8 heteroatoms. The van der Waals surface area contributed by atoms with Crippen molar-refractivity contribution in [3.8, 4) is 11.4 Å². The highest BCUT2D eigenvalue weighted by Crippen LogP contribution is 2.08. The van der Waals surface area contributed by atoms with Gasteiger partial charge in [0.15, 0.2) is 0 Å². The highest BCUT2D eigenvalue weighted by molar-refractivity contribution is 7.08. The number of aromatic amines is 1. The Morgan fingerprint density at radius 3 is 1.43 bits per heavy atom. The Kier molecular flexibility index (Phi) is 11.3. The Labute approximate surface area is 186 Å². The van der Waals surface area contributed by atoms with E-state index in [2.05, 4.69) is 15.0 Å². The van der Waals surface area contributed by atoms with E-state index in [-0.39, 0.29) is 5.69 Å². The summed E-state index contributed by atoms with van der Waals surface area (Å²) < 4.78 is 0. The van der Waals surface area contributed by atoms with Crippen molar-refractivity contribution in [2.45, 2.75) is 0 Å². The molecule has 4 aromatic rings. The first-order valence-corrected chi connectivity index (χ1v) is 11.5. The Balaban J connectivity index is 0.000000139. The molecule has 152 valence electrons. The van der Waals surface area contributed by atoms with E-state index in [0.717, 1.165) is 0 Å². The zero-order valence-corrected chi connectivity index (χ0v) is 18.3. The molecule has 30 heavy (non-hydrogen) atoms. The molecule has 2 aliphatic rings. The van der Waals surface area contributed by atoms with E-state index >= 15 is 0 Å². The van der Waals surface area contributed by atoms with Crippen molar-refractivity contribution in [1.29, 1.82) is 0 Å². The Bertz CT molecular complexity index is 954. The van der Waals surface area contributed by atoms with Gasteiger partial charge in [-0.05, 0) is 50.5 Å². The second-order valence-electron chi connectivity index (χ2n) is 5.19. The van der Waals surface area contributed by atoms with Crippen LogP contribution in [0.4, 0.5) is 0 Å². The molecule has 0 atom stereocenters. The lowest BCUT2D eigenvalue weighted by Gasteiger charge is -1.72. The van der Waals surface area contributed by atoms with Gasteiger partial charge in [0, 0.05) is 18.6 Å². The summed E-state index contributed by atoms with van der Waals surface area (Å²) in [5.41, 5.74) is -0.724. The zero-order chi connectivity index (χ0) is 21.3. The first-order chi connectivity index (χ1) is 14.8. The van der Waals surface area contributed by atoms with Crippen molar-refractivity contribution in [2.75, 3.05) is 0 Å². The van der Waals surface area contributed by atoms with Crippen LogP contribution in [0.3, 0.4) is 0 Å². The lowest BCUT2D eigenvalue weighted by molar-refractivity contribution is 1.30. The minimum atomic E-state index is -0.710. The molecule has 1 N–H and O–H groups in total. The fourth-order valence-corrected chi connectivity index (χ4v) is 3.17. The zero-order valence-electron chi connectivity index (χ0n) is 15.8. The number of nitrogens with one attached hydrogen (secondary N) is 1. The van der Waals surface area contributed by atoms with Gasteiger partial charge in [-0.3, -0.25) is 14.6 Å². The van der Waals surface area contributed by atoms with Gasteiger partial charge < -0.3 is 4.98 Å². The maximum atomic E-state index is 10.8. The van der Waals surface area contributed by atoms with Gasteiger partial charge in [0.25, 0.3) is 5.43 Å². The number of fused-ring (bicyclic) bond motifs is 1. The smallest absolute Gasteiger partial charge is 0.320 e. The largest absolute Gasteiger partial charge is 0.368 e. The number of H-pyrrole nitrogens is 1. The summed E-state index contributed by atoms with van der Waals surface area (Å²) in [6.45, 7) is 0. The maximum absolute atomic E-state index is 10.8. The number of hydrogen-bond donors (Lipinski definition) is 1. The van der Waals surface area contributed by atoms with Crippen molar-refractivity contribution in [3.05, 3.63) is 126 Å². The minimum Gasteiger partial charge on any atom is -0.368 e. The van der Waals surface area contributed by atoms with E-state index in [4.69, 9.17) is 0 Å². The van der Waals surface area contributed by atoms with Crippen molar-refractivity contribution in [3.63, 3.8) is 0 Å². The predicted molar refractivity (Wildman–Crippen MR) is 127 cm³/mol. The molecule has 0 saturated heterocycles. The second kappa shape index (κ2) is 14.7. The predicted octanol–water partition coefficient (Wildman–Crippen LogP) is 5.44. The van der Waals surface area contributed by atoms with Gasteiger partial charge in [-0.15, -0.1) is 0 Å². The van der Waals surface area contributed by atoms with Crippen LogP contribution in [-0.4, -0.2) is 15.0 Å². The summed E-state index contributed by atoms with van der Waals surface area (Å²) in [6, 6.07) is 17.5. The lowest BCUT2D eigenvalue weighted by Crippen LogP contribution is -2.19. The molecule has 2 aliphatic heterocycles. The summed E-state index contributed by atoms with van der Waals surface area (Å²) in [5, 5.41) is 12.2. The third-order valence-electron chi connectivity index (χ3n) is 3.08. The monoisotopic (exact) mass is 453 g/mol. The summed E-state index contributed by atoms with van der Waals surface area (Å²) in [5.74, 6) is 0. The van der Waals surface area contributed by atoms with Crippen molar-refractivity contribution in [2.24, 2.45) is 0 Å². The molecule has 0 saturated carbocycles. The topological polar surface area (TPSA) is 75.7 Å². The van der Waals surface area contributed by atoms with Crippen LogP contribution in [0.2, 0.25) is 0 Å². The SMILES string of the molecule is O=c1nc2ccnc-2c1=O.c1cc[nH]c1.c1ccsc1.c1ccsc1.c1ccsc1. The van der Waals surface area contributed by atoms with Gasteiger partial charge in [0.05, 0.1) is 5.69 Å². The molecule has 5 nitrogen and oxygen atoms in total. The Morgan fingerprint density at radius 1 is 0.667 bits per heavy atom. The van der Waals surface area contributed by atoms with Gasteiger partial charge in [0.1, 0.15) is 5.69 Å². The fourth-order valence-electron chi connectivity index (χ4n) is 1.81. The van der Waals surface area contributed by atoms with E-state index in [1.807, 2.05) is 93.2 Å². The van der Waals surface area contributed by atoms with Gasteiger partial charge in [-0.25, -0.2) is 4.98 Å². The van der Waals surface area contributed by atoms with Crippen LogP contribution in [-0.2, 0) is 0 Å². The maximum Gasteiger partial charge on any atom is 0.320 e. The van der Waals surface area contributed by atoms with Crippen LogP contribution in [0, 0.1) is 0 Å². The Hall–Kier alpha value is -3.20. The van der Waals surface area contributed by atoms with Crippen LogP contribution in [0.15, 0.2) is 115 Å². The summed E-state index contributed by atoms with van der Waals surface area (Å²) in [4.78, 5) is 31.3. The van der Waals surface area contributed by atoms with Crippen LogP contribution in [0.1, 0.15) is 0 Å². The molecule has 0 amide bonds. The molecule has 0 aliphatic carbocycles. The quantitative estimate of drug-likeness (QED) is 0.311. The molecule has 4 aromatic heterocycles. The number of rotatable bonds is 0. The number of thiophene rings is 3. The van der Waals surface area contributed by atoms with Gasteiger partial charge >= 0.3 is 5.56 Å². The fraction of sp³-hybridized carbons (Fsp3) is 0. The Morgan fingerprint density at radius 2 is 1.13 bits per heavy atom. The average Bonchev–Trinajstić information content (AvgIpc) is 3.63. The van der Waals surface area contributed by atoms with Crippen LogP contribution < -0.4 is 11.0 Å². The van der Waals surface area contributed by atoms with Crippen molar-refractivity contribution < 1.29 is 0 Å². The molecular weight excluding hydrogens is 434 g/mol. The van der Waals surface area contributed by atoms with Crippen molar-refractivity contribution in [1.82, 2.24) is 15.0 Å². The van der Waals surface area contributed by atoms with E-state index in [1.54, 1.807) is 34.0 Å². The summed E-state index contributed by atoms with van der Waals surface area (Å²) in [6.07, 6.45) is 5.21. The first kappa shape index (κ1) is 23.1. The third-order valence-corrected chi connectivity index (χ3v) is 4.97. The molecule has 0 fully saturated rings. The van der Waals surface area contributed by atoms with E-state index in [9.17, 15) is 9.59 Å². The highest BCUT2D eigenvalue weighted by atomic mass is 32.1. The second-order valence-corrected chi connectivity index (χ2v) is 7.64. The van der Waals surface area contributed by atoms with Crippen LogP contribution in [0.25, 0.3) is 11.4 Å². The van der Waals surface area contributed by atoms with Gasteiger partial charge in [-0.2, -0.15) is 34.0 Å². The summed E-state index contributed by atoms with van der Waals surface area (Å²) in [7, 11) is 0. The van der Waals surface area contributed by atoms with E-state index in [1.165, 1.54) is 12.3 Å². The number of aromatic nitrogens is 3. The molecule has 0 unspecified atom stereocenters.